The van der Waals surface area contributed by atoms with Crippen LogP contribution in [0.25, 0.3) is 0 Å². The first-order valence-corrected chi connectivity index (χ1v) is 5.21. The van der Waals surface area contributed by atoms with Crippen LogP contribution in [-0.2, 0) is 20.6 Å². The number of aliphatic hydroxyl groups is 1. The maximum Gasteiger partial charge on any atom is 0.416 e. The molecule has 0 aromatic heterocycles. The van der Waals surface area contributed by atoms with Gasteiger partial charge in [0.2, 0.25) is 11.6 Å². The SMILES string of the molecule is O=C1C(=O)C(O)C(c2ccccc2C(F)(F)F)C1=O. The minimum atomic E-state index is -4.74. The topological polar surface area (TPSA) is 71.4 Å². The molecule has 0 aliphatic heterocycles. The van der Waals surface area contributed by atoms with Crippen LogP contribution < -0.4 is 0 Å². The van der Waals surface area contributed by atoms with Crippen LogP contribution in [0.3, 0.4) is 0 Å². The number of rotatable bonds is 1. The number of aliphatic hydroxyl groups excluding tert-OH is 1. The Kier molecular flexibility index (Phi) is 3.01. The first kappa shape index (κ1) is 13.4. The highest BCUT2D eigenvalue weighted by Gasteiger charge is 2.51. The Morgan fingerprint density at radius 1 is 1.00 bits per heavy atom. The summed E-state index contributed by atoms with van der Waals surface area (Å²) in [5.74, 6) is -5.92. The molecule has 4 nitrogen and oxygen atoms in total. The minimum absolute atomic E-state index is 0.563. The fraction of sp³-hybridized carbons (Fsp3) is 0.250. The molecule has 1 N–H and O–H groups in total. The normalized spacial score (nSPS) is 24.1. The zero-order valence-corrected chi connectivity index (χ0v) is 9.27. The molecule has 1 aromatic rings. The molecule has 0 saturated heterocycles. The molecule has 7 heteroatoms. The fourth-order valence-corrected chi connectivity index (χ4v) is 2.03. The third kappa shape index (κ3) is 2.06. The van der Waals surface area contributed by atoms with Crippen LogP contribution in [0.4, 0.5) is 13.2 Å². The van der Waals surface area contributed by atoms with Crippen LogP contribution in [0, 0.1) is 0 Å². The first-order valence-electron chi connectivity index (χ1n) is 5.21. The lowest BCUT2D eigenvalue weighted by molar-refractivity contribution is -0.141. The number of ketones is 3. The van der Waals surface area contributed by atoms with Crippen molar-refractivity contribution in [2.24, 2.45) is 0 Å². The van der Waals surface area contributed by atoms with Gasteiger partial charge in [0.25, 0.3) is 5.78 Å². The van der Waals surface area contributed by atoms with Crippen molar-refractivity contribution in [3.8, 4) is 0 Å². The third-order valence-corrected chi connectivity index (χ3v) is 2.92. The van der Waals surface area contributed by atoms with Crippen molar-refractivity contribution in [2.45, 2.75) is 18.2 Å². The summed E-state index contributed by atoms with van der Waals surface area (Å²) in [4.78, 5) is 33.8. The summed E-state index contributed by atoms with van der Waals surface area (Å²) >= 11 is 0. The number of hydrogen-bond acceptors (Lipinski definition) is 4. The van der Waals surface area contributed by atoms with Gasteiger partial charge in [-0.05, 0) is 11.6 Å². The smallest absolute Gasteiger partial charge is 0.384 e. The molecule has 19 heavy (non-hydrogen) atoms. The molecule has 1 aliphatic carbocycles. The van der Waals surface area contributed by atoms with Gasteiger partial charge in [-0.3, -0.25) is 14.4 Å². The number of carbonyl (C=O) groups excluding carboxylic acids is 3. The van der Waals surface area contributed by atoms with Crippen molar-refractivity contribution < 1.29 is 32.7 Å². The second kappa shape index (κ2) is 4.27. The van der Waals surface area contributed by atoms with Gasteiger partial charge in [-0.2, -0.15) is 13.2 Å². The average molecular weight is 272 g/mol. The van der Waals surface area contributed by atoms with E-state index in [1.54, 1.807) is 0 Å². The summed E-state index contributed by atoms with van der Waals surface area (Å²) in [6, 6.07) is 4.04. The molecule has 1 saturated carbocycles. The Morgan fingerprint density at radius 2 is 1.58 bits per heavy atom. The highest BCUT2D eigenvalue weighted by Crippen LogP contribution is 2.38. The minimum Gasteiger partial charge on any atom is -0.384 e. The van der Waals surface area contributed by atoms with Gasteiger partial charge in [0.15, 0.2) is 0 Å². The van der Waals surface area contributed by atoms with Crippen molar-refractivity contribution in [3.63, 3.8) is 0 Å². The van der Waals surface area contributed by atoms with Gasteiger partial charge in [-0.1, -0.05) is 18.2 Å². The zero-order chi connectivity index (χ0) is 14.4. The van der Waals surface area contributed by atoms with Crippen LogP contribution in [0.15, 0.2) is 24.3 Å². The van der Waals surface area contributed by atoms with Gasteiger partial charge >= 0.3 is 6.18 Å². The number of carbonyl (C=O) groups is 3. The first-order chi connectivity index (χ1) is 8.75. The van der Waals surface area contributed by atoms with Crippen LogP contribution >= 0.6 is 0 Å². The quantitative estimate of drug-likeness (QED) is 0.770. The Labute approximate surface area is 104 Å². The van der Waals surface area contributed by atoms with Crippen molar-refractivity contribution in [1.82, 2.24) is 0 Å². The van der Waals surface area contributed by atoms with E-state index in [2.05, 4.69) is 0 Å². The number of alkyl halides is 3. The number of benzene rings is 1. The molecule has 1 aromatic carbocycles. The number of hydrogen-bond donors (Lipinski definition) is 1. The molecule has 100 valence electrons. The van der Waals surface area contributed by atoms with E-state index in [0.717, 1.165) is 18.2 Å². The molecular weight excluding hydrogens is 265 g/mol. The second-order valence-electron chi connectivity index (χ2n) is 4.07. The van der Waals surface area contributed by atoms with E-state index in [1.165, 1.54) is 6.07 Å². The summed E-state index contributed by atoms with van der Waals surface area (Å²) in [6.07, 6.45) is -6.80. The monoisotopic (exact) mass is 272 g/mol. The van der Waals surface area contributed by atoms with Gasteiger partial charge in [0, 0.05) is 0 Å². The summed E-state index contributed by atoms with van der Waals surface area (Å²) < 4.78 is 38.4. The molecule has 1 aliphatic rings. The maximum absolute atomic E-state index is 12.8. The van der Waals surface area contributed by atoms with Crippen LogP contribution in [0.5, 0.6) is 0 Å². The second-order valence-corrected chi connectivity index (χ2v) is 4.07. The van der Waals surface area contributed by atoms with Gasteiger partial charge in [-0.25, -0.2) is 0 Å². The summed E-state index contributed by atoms with van der Waals surface area (Å²) in [7, 11) is 0. The fourth-order valence-electron chi connectivity index (χ4n) is 2.03. The Hall–Kier alpha value is -2.02. The van der Waals surface area contributed by atoms with Crippen molar-refractivity contribution in [3.05, 3.63) is 35.4 Å². The van der Waals surface area contributed by atoms with E-state index in [-0.39, 0.29) is 0 Å². The van der Waals surface area contributed by atoms with E-state index < -0.39 is 46.7 Å². The maximum atomic E-state index is 12.8. The Balaban J connectivity index is 2.58. The molecule has 0 bridgehead atoms. The van der Waals surface area contributed by atoms with Gasteiger partial charge in [0.1, 0.15) is 6.10 Å². The molecule has 2 unspecified atom stereocenters. The lowest BCUT2D eigenvalue weighted by atomic mass is 9.90. The standard InChI is InChI=1S/C12H7F3O4/c13-12(14,15)6-4-2-1-3-5(6)7-8(16)10(18)11(19)9(7)17/h1-4,7-8,16H. The Bertz CT molecular complexity index is 577. The Morgan fingerprint density at radius 3 is 2.05 bits per heavy atom. The van der Waals surface area contributed by atoms with Crippen LogP contribution in [-0.4, -0.2) is 28.6 Å². The zero-order valence-electron chi connectivity index (χ0n) is 9.27. The van der Waals surface area contributed by atoms with E-state index in [0.29, 0.717) is 0 Å². The molecule has 1 fully saturated rings. The van der Waals surface area contributed by atoms with Crippen LogP contribution in [0.2, 0.25) is 0 Å². The van der Waals surface area contributed by atoms with Crippen molar-refractivity contribution in [2.75, 3.05) is 0 Å². The lowest BCUT2D eigenvalue weighted by Gasteiger charge is -2.17. The predicted molar refractivity (Wildman–Crippen MR) is 55.2 cm³/mol. The molecular formula is C12H7F3O4. The average Bonchev–Trinajstić information content (AvgIpc) is 2.53. The highest BCUT2D eigenvalue weighted by molar-refractivity contribution is 6.69. The van der Waals surface area contributed by atoms with Crippen molar-refractivity contribution >= 4 is 17.3 Å². The summed E-state index contributed by atoms with van der Waals surface area (Å²) in [5.41, 5.74) is -1.71. The summed E-state index contributed by atoms with van der Waals surface area (Å²) in [6.45, 7) is 0. The number of halogens is 3. The lowest BCUT2D eigenvalue weighted by Crippen LogP contribution is -2.24. The largest absolute Gasteiger partial charge is 0.416 e. The molecule has 0 heterocycles. The van der Waals surface area contributed by atoms with Crippen molar-refractivity contribution in [1.29, 1.82) is 0 Å². The van der Waals surface area contributed by atoms with Gasteiger partial charge < -0.3 is 5.11 Å². The molecule has 0 radical (unpaired) electrons. The van der Waals surface area contributed by atoms with E-state index in [9.17, 15) is 32.7 Å². The highest BCUT2D eigenvalue weighted by atomic mass is 19.4. The molecule has 2 atom stereocenters. The molecule has 0 spiro atoms. The number of Topliss-reactive ketones (excluding diaryl/α,β-unsaturated/α-hetero) is 3. The van der Waals surface area contributed by atoms with Gasteiger partial charge in [-0.15, -0.1) is 0 Å². The van der Waals surface area contributed by atoms with Gasteiger partial charge in [0.05, 0.1) is 11.5 Å². The molecule has 0 amide bonds. The van der Waals surface area contributed by atoms with E-state index in [4.69, 9.17) is 0 Å². The molecule has 2 rings (SSSR count). The van der Waals surface area contributed by atoms with Crippen LogP contribution in [0.1, 0.15) is 17.0 Å². The third-order valence-electron chi connectivity index (χ3n) is 2.92. The summed E-state index contributed by atoms with van der Waals surface area (Å²) in [5, 5.41) is 9.48. The van der Waals surface area contributed by atoms with E-state index >= 15 is 0 Å². The van der Waals surface area contributed by atoms with E-state index in [1.807, 2.05) is 0 Å². The predicted octanol–water partition coefficient (Wildman–Crippen LogP) is 0.871.